The first-order chi connectivity index (χ1) is 12.1. The molecule has 0 spiro atoms. The number of carbonyl (C=O) groups is 1. The average molecular weight is 353 g/mol. The van der Waals surface area contributed by atoms with Gasteiger partial charge in [-0.3, -0.25) is 9.59 Å². The number of nitrogens with zero attached hydrogens (tertiary/aromatic N) is 1. The van der Waals surface area contributed by atoms with Crippen molar-refractivity contribution in [3.63, 3.8) is 0 Å². The number of hydrazone groups is 1. The van der Waals surface area contributed by atoms with Crippen molar-refractivity contribution < 1.29 is 9.21 Å². The molecule has 4 rings (SSSR count). The highest BCUT2D eigenvalue weighted by molar-refractivity contribution is 6.48. The Morgan fingerprint density at radius 1 is 1.16 bits per heavy atom. The van der Waals surface area contributed by atoms with Gasteiger partial charge in [-0.25, -0.2) is 0 Å². The molecule has 25 heavy (non-hydrogen) atoms. The molecule has 3 aromatic rings. The zero-order valence-corrected chi connectivity index (χ0v) is 13.8. The van der Waals surface area contributed by atoms with E-state index < -0.39 is 5.92 Å². The molecule has 0 fully saturated rings. The van der Waals surface area contributed by atoms with Crippen LogP contribution >= 0.6 is 11.6 Å². The first-order valence-electron chi connectivity index (χ1n) is 7.76. The standard InChI is InChI=1S/C19H13ClN2O3/c20-12-7-5-11(6-8-12)18(23)17-14(9-21-22-17)15-10-25-16-4-2-1-3-13(16)19(15)24/h1-8,10,14,21H,9H2. The number of nitrogens with one attached hydrogen (secondary N) is 1. The third kappa shape index (κ3) is 2.72. The third-order valence-corrected chi connectivity index (χ3v) is 4.50. The normalized spacial score (nSPS) is 16.5. The molecule has 0 aliphatic carbocycles. The summed E-state index contributed by atoms with van der Waals surface area (Å²) in [6.45, 7) is 0.373. The largest absolute Gasteiger partial charge is 0.464 e. The van der Waals surface area contributed by atoms with E-state index in [1.807, 2.05) is 0 Å². The van der Waals surface area contributed by atoms with Crippen LogP contribution in [0.4, 0.5) is 0 Å². The maximum absolute atomic E-state index is 12.8. The number of para-hydroxylation sites is 1. The zero-order chi connectivity index (χ0) is 17.4. The minimum Gasteiger partial charge on any atom is -0.464 e. The first-order valence-corrected chi connectivity index (χ1v) is 8.14. The van der Waals surface area contributed by atoms with Crippen molar-refractivity contribution in [1.29, 1.82) is 0 Å². The van der Waals surface area contributed by atoms with Gasteiger partial charge in [0.05, 0.1) is 17.6 Å². The second kappa shape index (κ2) is 6.18. The number of Topliss-reactive ketones (excluding diaryl/α,β-unsaturated/α-hetero) is 1. The second-order valence-electron chi connectivity index (χ2n) is 5.76. The molecule has 0 amide bonds. The van der Waals surface area contributed by atoms with Crippen LogP contribution in [0.15, 0.2) is 69.1 Å². The van der Waals surface area contributed by atoms with E-state index in [1.54, 1.807) is 48.5 Å². The Hall–Kier alpha value is -2.92. The third-order valence-electron chi connectivity index (χ3n) is 4.25. The molecule has 0 saturated heterocycles. The Morgan fingerprint density at radius 2 is 1.92 bits per heavy atom. The number of carbonyl (C=O) groups excluding carboxylic acids is 1. The van der Waals surface area contributed by atoms with E-state index >= 15 is 0 Å². The van der Waals surface area contributed by atoms with E-state index in [-0.39, 0.29) is 11.2 Å². The van der Waals surface area contributed by atoms with Crippen molar-refractivity contribution in [2.45, 2.75) is 5.92 Å². The summed E-state index contributed by atoms with van der Waals surface area (Å²) in [5.41, 5.74) is 4.38. The van der Waals surface area contributed by atoms with Crippen LogP contribution in [0.5, 0.6) is 0 Å². The lowest BCUT2D eigenvalue weighted by Crippen LogP contribution is -2.26. The molecule has 0 radical (unpaired) electrons. The molecule has 1 aliphatic heterocycles. The maximum Gasteiger partial charge on any atom is 0.209 e. The van der Waals surface area contributed by atoms with Crippen molar-refractivity contribution in [3.05, 3.63) is 81.2 Å². The smallest absolute Gasteiger partial charge is 0.209 e. The minimum atomic E-state index is -0.455. The van der Waals surface area contributed by atoms with E-state index in [0.717, 1.165) is 0 Å². The summed E-state index contributed by atoms with van der Waals surface area (Å²) in [6, 6.07) is 13.6. The number of fused-ring (bicyclic) bond motifs is 1. The average Bonchev–Trinajstić information content (AvgIpc) is 3.12. The molecular formula is C19H13ClN2O3. The Morgan fingerprint density at radius 3 is 2.72 bits per heavy atom. The molecule has 2 aromatic carbocycles. The van der Waals surface area contributed by atoms with Crippen LogP contribution in [0.1, 0.15) is 21.8 Å². The number of benzene rings is 2. The second-order valence-corrected chi connectivity index (χ2v) is 6.20. The number of halogens is 1. The fourth-order valence-corrected chi connectivity index (χ4v) is 3.07. The molecule has 124 valence electrons. The van der Waals surface area contributed by atoms with Gasteiger partial charge in [-0.2, -0.15) is 5.10 Å². The molecule has 1 atom stereocenters. The quantitative estimate of drug-likeness (QED) is 0.733. The minimum absolute atomic E-state index is 0.146. The van der Waals surface area contributed by atoms with Gasteiger partial charge >= 0.3 is 0 Å². The first kappa shape index (κ1) is 15.6. The van der Waals surface area contributed by atoms with Gasteiger partial charge in [0, 0.05) is 22.7 Å². The monoisotopic (exact) mass is 352 g/mol. The van der Waals surface area contributed by atoms with Gasteiger partial charge in [-0.15, -0.1) is 0 Å². The van der Waals surface area contributed by atoms with Crippen molar-refractivity contribution in [1.82, 2.24) is 5.43 Å². The summed E-state index contributed by atoms with van der Waals surface area (Å²) in [5, 5.41) is 5.16. The molecule has 1 N–H and O–H groups in total. The van der Waals surface area contributed by atoms with Crippen molar-refractivity contribution >= 4 is 34.1 Å². The van der Waals surface area contributed by atoms with Crippen LogP contribution < -0.4 is 10.9 Å². The van der Waals surface area contributed by atoms with E-state index in [0.29, 0.717) is 39.4 Å². The maximum atomic E-state index is 12.8. The zero-order valence-electron chi connectivity index (χ0n) is 13.0. The molecule has 0 bridgehead atoms. The fraction of sp³-hybridized carbons (Fsp3) is 0.105. The SMILES string of the molecule is O=C(C1=NNCC1c1coc2ccccc2c1=O)c1ccc(Cl)cc1. The predicted octanol–water partition coefficient (Wildman–Crippen LogP) is 3.37. The molecule has 1 unspecified atom stereocenters. The topological polar surface area (TPSA) is 71.7 Å². The van der Waals surface area contributed by atoms with Gasteiger partial charge in [0.2, 0.25) is 5.78 Å². The summed E-state index contributed by atoms with van der Waals surface area (Å²) >= 11 is 5.87. The van der Waals surface area contributed by atoms with Crippen LogP contribution in [0.2, 0.25) is 5.02 Å². The summed E-state index contributed by atoms with van der Waals surface area (Å²) < 4.78 is 5.57. The van der Waals surface area contributed by atoms with E-state index in [2.05, 4.69) is 10.5 Å². The summed E-state index contributed by atoms with van der Waals surface area (Å²) in [4.78, 5) is 25.6. The summed E-state index contributed by atoms with van der Waals surface area (Å²) in [5.74, 6) is -0.691. The molecule has 2 heterocycles. The number of ketones is 1. The van der Waals surface area contributed by atoms with Crippen LogP contribution in [0.3, 0.4) is 0 Å². The summed E-state index contributed by atoms with van der Waals surface area (Å²) in [6.07, 6.45) is 1.42. The van der Waals surface area contributed by atoms with Crippen molar-refractivity contribution in [2.75, 3.05) is 6.54 Å². The Labute approximate surface area is 147 Å². The molecule has 1 aromatic heterocycles. The molecule has 5 nitrogen and oxygen atoms in total. The Balaban J connectivity index is 1.75. The number of rotatable bonds is 3. The molecule has 0 saturated carbocycles. The number of hydrogen-bond donors (Lipinski definition) is 1. The van der Waals surface area contributed by atoms with Gasteiger partial charge in [0.15, 0.2) is 5.43 Å². The van der Waals surface area contributed by atoms with Crippen LogP contribution in [-0.2, 0) is 0 Å². The van der Waals surface area contributed by atoms with Crippen molar-refractivity contribution in [2.24, 2.45) is 5.10 Å². The van der Waals surface area contributed by atoms with Gasteiger partial charge in [-0.1, -0.05) is 23.7 Å². The Kier molecular flexibility index (Phi) is 3.86. The fourth-order valence-electron chi connectivity index (χ4n) is 2.95. The highest BCUT2D eigenvalue weighted by Gasteiger charge is 2.32. The van der Waals surface area contributed by atoms with E-state index in [4.69, 9.17) is 16.0 Å². The lowest BCUT2D eigenvalue weighted by atomic mass is 9.90. The van der Waals surface area contributed by atoms with E-state index in [9.17, 15) is 9.59 Å². The summed E-state index contributed by atoms with van der Waals surface area (Å²) in [7, 11) is 0. The van der Waals surface area contributed by atoms with Gasteiger partial charge in [0.1, 0.15) is 11.3 Å². The van der Waals surface area contributed by atoms with Gasteiger partial charge in [0.25, 0.3) is 0 Å². The van der Waals surface area contributed by atoms with Crippen LogP contribution in [0, 0.1) is 0 Å². The molecule has 6 heteroatoms. The molecular weight excluding hydrogens is 340 g/mol. The van der Waals surface area contributed by atoms with Crippen LogP contribution in [-0.4, -0.2) is 18.0 Å². The van der Waals surface area contributed by atoms with Crippen LogP contribution in [0.25, 0.3) is 11.0 Å². The lowest BCUT2D eigenvalue weighted by Gasteiger charge is -2.11. The van der Waals surface area contributed by atoms with Gasteiger partial charge < -0.3 is 9.84 Å². The highest BCUT2D eigenvalue weighted by Crippen LogP contribution is 2.23. The lowest BCUT2D eigenvalue weighted by molar-refractivity contribution is 0.106. The predicted molar refractivity (Wildman–Crippen MR) is 96.4 cm³/mol. The van der Waals surface area contributed by atoms with E-state index in [1.165, 1.54) is 6.26 Å². The Bertz CT molecular complexity index is 1050. The van der Waals surface area contributed by atoms with Gasteiger partial charge in [-0.05, 0) is 36.4 Å². The van der Waals surface area contributed by atoms with Crippen molar-refractivity contribution in [3.8, 4) is 0 Å². The molecule has 1 aliphatic rings. The highest BCUT2D eigenvalue weighted by atomic mass is 35.5. The number of hydrogen-bond acceptors (Lipinski definition) is 5.